The van der Waals surface area contributed by atoms with Gasteiger partial charge in [-0.05, 0) is 30.2 Å². The Balaban J connectivity index is 1.90. The number of aliphatic hydroxyl groups is 1. The number of urea groups is 1. The molecule has 0 radical (unpaired) electrons. The quantitative estimate of drug-likeness (QED) is 0.879. The number of likely N-dealkylation sites (tertiary alicyclic amines) is 1. The Morgan fingerprint density at radius 2 is 1.91 bits per heavy atom. The fourth-order valence-corrected chi connectivity index (χ4v) is 3.42. The molecule has 2 N–H and O–H groups in total. The average Bonchev–Trinajstić information content (AvgIpc) is 2.51. The summed E-state index contributed by atoms with van der Waals surface area (Å²) in [5.74, 6) is 1.29. The van der Waals surface area contributed by atoms with Gasteiger partial charge in [-0.1, -0.05) is 44.2 Å². The summed E-state index contributed by atoms with van der Waals surface area (Å²) in [7, 11) is 0. The van der Waals surface area contributed by atoms with E-state index in [1.54, 1.807) is 0 Å². The third-order valence-corrected chi connectivity index (χ3v) is 4.40. The standard InChI is InChI=1S/C18H28N2O2/c1-14-10-15(2)13-20(12-14)18(22)19-11-17(8-9-21)16-6-4-3-5-7-16/h3-7,14-15,17,21H,8-13H2,1-2H3,(H,19,22). The van der Waals surface area contributed by atoms with Crippen LogP contribution in [-0.2, 0) is 0 Å². The van der Waals surface area contributed by atoms with Crippen molar-refractivity contribution in [1.82, 2.24) is 10.2 Å². The molecule has 2 rings (SSSR count). The lowest BCUT2D eigenvalue weighted by atomic mass is 9.92. The van der Waals surface area contributed by atoms with Crippen LogP contribution in [0.25, 0.3) is 0 Å². The first kappa shape index (κ1) is 16.8. The van der Waals surface area contributed by atoms with Crippen molar-refractivity contribution in [2.75, 3.05) is 26.2 Å². The normalized spacial score (nSPS) is 23.1. The summed E-state index contributed by atoms with van der Waals surface area (Å²) in [6, 6.07) is 10.1. The maximum absolute atomic E-state index is 12.4. The van der Waals surface area contributed by atoms with Crippen LogP contribution in [0.2, 0.25) is 0 Å². The van der Waals surface area contributed by atoms with Crippen molar-refractivity contribution < 1.29 is 9.90 Å². The molecule has 0 aliphatic carbocycles. The molecule has 1 saturated heterocycles. The van der Waals surface area contributed by atoms with Crippen LogP contribution in [0.15, 0.2) is 30.3 Å². The topological polar surface area (TPSA) is 52.6 Å². The molecule has 0 saturated carbocycles. The Morgan fingerprint density at radius 1 is 1.27 bits per heavy atom. The molecule has 22 heavy (non-hydrogen) atoms. The van der Waals surface area contributed by atoms with Crippen molar-refractivity contribution >= 4 is 6.03 Å². The van der Waals surface area contributed by atoms with Gasteiger partial charge in [-0.15, -0.1) is 0 Å². The molecule has 0 aromatic heterocycles. The maximum Gasteiger partial charge on any atom is 0.317 e. The van der Waals surface area contributed by atoms with Gasteiger partial charge in [-0.3, -0.25) is 0 Å². The van der Waals surface area contributed by atoms with Crippen LogP contribution < -0.4 is 5.32 Å². The van der Waals surface area contributed by atoms with Gasteiger partial charge in [-0.2, -0.15) is 0 Å². The van der Waals surface area contributed by atoms with Gasteiger partial charge in [0.15, 0.2) is 0 Å². The molecule has 1 aliphatic rings. The van der Waals surface area contributed by atoms with Crippen molar-refractivity contribution in [2.24, 2.45) is 11.8 Å². The molecule has 122 valence electrons. The van der Waals surface area contributed by atoms with Crippen LogP contribution in [-0.4, -0.2) is 42.3 Å². The molecular weight excluding hydrogens is 276 g/mol. The molecule has 1 heterocycles. The van der Waals surface area contributed by atoms with Crippen LogP contribution in [0.5, 0.6) is 0 Å². The minimum absolute atomic E-state index is 0.0253. The van der Waals surface area contributed by atoms with E-state index in [9.17, 15) is 9.90 Å². The number of benzene rings is 1. The minimum atomic E-state index is 0.0253. The van der Waals surface area contributed by atoms with Gasteiger partial charge in [0.05, 0.1) is 0 Å². The zero-order chi connectivity index (χ0) is 15.9. The molecule has 2 amide bonds. The highest BCUT2D eigenvalue weighted by atomic mass is 16.3. The minimum Gasteiger partial charge on any atom is -0.396 e. The lowest BCUT2D eigenvalue weighted by Crippen LogP contribution is -2.48. The third-order valence-electron chi connectivity index (χ3n) is 4.40. The fourth-order valence-electron chi connectivity index (χ4n) is 3.42. The van der Waals surface area contributed by atoms with E-state index in [4.69, 9.17) is 0 Å². The number of aliphatic hydroxyl groups excluding tert-OH is 1. The summed E-state index contributed by atoms with van der Waals surface area (Å²) in [6.07, 6.45) is 1.86. The molecule has 0 bridgehead atoms. The highest BCUT2D eigenvalue weighted by Crippen LogP contribution is 2.22. The highest BCUT2D eigenvalue weighted by molar-refractivity contribution is 5.74. The Kier molecular flexibility index (Phi) is 6.25. The van der Waals surface area contributed by atoms with Crippen LogP contribution in [0, 0.1) is 11.8 Å². The Bertz CT molecular complexity index is 453. The number of carbonyl (C=O) groups excluding carboxylic acids is 1. The van der Waals surface area contributed by atoms with E-state index in [1.165, 1.54) is 6.42 Å². The van der Waals surface area contributed by atoms with E-state index in [-0.39, 0.29) is 18.6 Å². The number of nitrogens with one attached hydrogen (secondary N) is 1. The molecule has 3 atom stereocenters. The summed E-state index contributed by atoms with van der Waals surface area (Å²) in [5, 5.41) is 12.3. The number of hydrogen-bond donors (Lipinski definition) is 2. The number of rotatable bonds is 5. The molecule has 0 spiro atoms. The second-order valence-electron chi connectivity index (χ2n) is 6.66. The first-order valence-corrected chi connectivity index (χ1v) is 8.28. The number of piperidine rings is 1. The highest BCUT2D eigenvalue weighted by Gasteiger charge is 2.25. The molecule has 1 fully saturated rings. The van der Waals surface area contributed by atoms with Crippen molar-refractivity contribution in [3.05, 3.63) is 35.9 Å². The van der Waals surface area contributed by atoms with Gasteiger partial charge in [0.25, 0.3) is 0 Å². The maximum atomic E-state index is 12.4. The van der Waals surface area contributed by atoms with E-state index in [1.807, 2.05) is 23.1 Å². The van der Waals surface area contributed by atoms with E-state index in [0.717, 1.165) is 18.7 Å². The SMILES string of the molecule is CC1CC(C)CN(C(=O)NCC(CCO)c2ccccc2)C1. The van der Waals surface area contributed by atoms with E-state index >= 15 is 0 Å². The van der Waals surface area contributed by atoms with Gasteiger partial charge in [0.1, 0.15) is 0 Å². The second kappa shape index (κ2) is 8.18. The number of nitrogens with zero attached hydrogens (tertiary/aromatic N) is 1. The first-order valence-electron chi connectivity index (χ1n) is 8.28. The molecular formula is C18H28N2O2. The largest absolute Gasteiger partial charge is 0.396 e. The van der Waals surface area contributed by atoms with Crippen LogP contribution in [0.4, 0.5) is 4.79 Å². The van der Waals surface area contributed by atoms with Crippen LogP contribution in [0.3, 0.4) is 0 Å². The summed E-state index contributed by atoms with van der Waals surface area (Å²) in [4.78, 5) is 14.3. The molecule has 1 aromatic rings. The summed E-state index contributed by atoms with van der Waals surface area (Å²) in [6.45, 7) is 6.79. The van der Waals surface area contributed by atoms with Gasteiger partial charge < -0.3 is 15.3 Å². The number of hydrogen-bond acceptors (Lipinski definition) is 2. The van der Waals surface area contributed by atoms with Gasteiger partial charge in [-0.25, -0.2) is 4.79 Å². The molecule has 4 nitrogen and oxygen atoms in total. The van der Waals surface area contributed by atoms with Gasteiger partial charge in [0.2, 0.25) is 0 Å². The molecule has 4 heteroatoms. The second-order valence-corrected chi connectivity index (χ2v) is 6.66. The van der Waals surface area contributed by atoms with Crippen molar-refractivity contribution in [1.29, 1.82) is 0 Å². The predicted molar refractivity (Wildman–Crippen MR) is 88.8 cm³/mol. The lowest BCUT2D eigenvalue weighted by molar-refractivity contribution is 0.145. The number of carbonyl (C=O) groups is 1. The summed E-state index contributed by atoms with van der Waals surface area (Å²) >= 11 is 0. The van der Waals surface area contributed by atoms with E-state index in [0.29, 0.717) is 24.8 Å². The van der Waals surface area contributed by atoms with E-state index in [2.05, 4.69) is 31.3 Å². The Labute approximate surface area is 133 Å². The Morgan fingerprint density at radius 3 is 2.50 bits per heavy atom. The van der Waals surface area contributed by atoms with Crippen LogP contribution in [0.1, 0.15) is 38.2 Å². The van der Waals surface area contributed by atoms with E-state index < -0.39 is 0 Å². The molecule has 3 unspecified atom stereocenters. The Hall–Kier alpha value is -1.55. The van der Waals surface area contributed by atoms with Crippen molar-refractivity contribution in [3.8, 4) is 0 Å². The van der Waals surface area contributed by atoms with Crippen molar-refractivity contribution in [2.45, 2.75) is 32.6 Å². The lowest BCUT2D eigenvalue weighted by Gasteiger charge is -2.35. The zero-order valence-corrected chi connectivity index (χ0v) is 13.7. The first-order chi connectivity index (χ1) is 10.6. The van der Waals surface area contributed by atoms with Gasteiger partial charge in [0, 0.05) is 32.2 Å². The van der Waals surface area contributed by atoms with Crippen molar-refractivity contribution in [3.63, 3.8) is 0 Å². The summed E-state index contributed by atoms with van der Waals surface area (Å²) < 4.78 is 0. The summed E-state index contributed by atoms with van der Waals surface area (Å²) in [5.41, 5.74) is 1.16. The third kappa shape index (κ3) is 4.73. The smallest absolute Gasteiger partial charge is 0.317 e. The average molecular weight is 304 g/mol. The fraction of sp³-hybridized carbons (Fsp3) is 0.611. The van der Waals surface area contributed by atoms with Gasteiger partial charge >= 0.3 is 6.03 Å². The molecule has 1 aliphatic heterocycles. The number of amides is 2. The monoisotopic (exact) mass is 304 g/mol. The van der Waals surface area contributed by atoms with Crippen LogP contribution >= 0.6 is 0 Å². The zero-order valence-electron chi connectivity index (χ0n) is 13.7. The molecule has 1 aromatic carbocycles. The predicted octanol–water partition coefficient (Wildman–Crippen LogP) is 2.84.